The lowest BCUT2D eigenvalue weighted by atomic mass is 10.2. The van der Waals surface area contributed by atoms with Crippen molar-refractivity contribution in [3.63, 3.8) is 0 Å². The second kappa shape index (κ2) is 6.21. The number of benzene rings is 1. The van der Waals surface area contributed by atoms with Crippen molar-refractivity contribution in [1.82, 2.24) is 15.3 Å². The minimum Gasteiger partial charge on any atom is -0.497 e. The SMILES string of the molecule is CCCNCc1cnc(-c2ccc(OC)cc2)[nH]1. The number of nitrogens with zero attached hydrogens (tertiary/aromatic N) is 1. The number of aromatic amines is 1. The number of nitrogens with one attached hydrogen (secondary N) is 2. The van der Waals surface area contributed by atoms with Gasteiger partial charge in [-0.2, -0.15) is 0 Å². The van der Waals surface area contributed by atoms with Crippen LogP contribution >= 0.6 is 0 Å². The Kier molecular flexibility index (Phi) is 4.36. The maximum absolute atomic E-state index is 5.14. The molecule has 0 bridgehead atoms. The molecule has 0 spiro atoms. The number of rotatable bonds is 6. The van der Waals surface area contributed by atoms with E-state index in [1.807, 2.05) is 30.5 Å². The molecule has 96 valence electrons. The lowest BCUT2D eigenvalue weighted by molar-refractivity contribution is 0.415. The molecule has 0 radical (unpaired) electrons. The van der Waals surface area contributed by atoms with Gasteiger partial charge >= 0.3 is 0 Å². The van der Waals surface area contributed by atoms with Crippen LogP contribution in [0.15, 0.2) is 30.5 Å². The molecule has 2 aromatic rings. The molecule has 0 aliphatic heterocycles. The third-order valence-electron chi connectivity index (χ3n) is 2.73. The van der Waals surface area contributed by atoms with Gasteiger partial charge in [0.15, 0.2) is 0 Å². The lowest BCUT2D eigenvalue weighted by Crippen LogP contribution is -2.13. The standard InChI is InChI=1S/C14H19N3O/c1-3-8-15-9-12-10-16-14(17-12)11-4-6-13(18-2)7-5-11/h4-7,10,15H,3,8-9H2,1-2H3,(H,16,17). The topological polar surface area (TPSA) is 49.9 Å². The summed E-state index contributed by atoms with van der Waals surface area (Å²) in [6.07, 6.45) is 3.02. The summed E-state index contributed by atoms with van der Waals surface area (Å²) >= 11 is 0. The summed E-state index contributed by atoms with van der Waals surface area (Å²) in [5.41, 5.74) is 2.17. The van der Waals surface area contributed by atoms with Crippen LogP contribution in [0.3, 0.4) is 0 Å². The van der Waals surface area contributed by atoms with Gasteiger partial charge in [-0.25, -0.2) is 4.98 Å². The summed E-state index contributed by atoms with van der Waals surface area (Å²) < 4.78 is 5.14. The van der Waals surface area contributed by atoms with Crippen molar-refractivity contribution in [2.45, 2.75) is 19.9 Å². The zero-order valence-corrected chi connectivity index (χ0v) is 10.9. The van der Waals surface area contributed by atoms with E-state index in [-0.39, 0.29) is 0 Å². The average molecular weight is 245 g/mol. The smallest absolute Gasteiger partial charge is 0.137 e. The Bertz CT molecular complexity index is 476. The van der Waals surface area contributed by atoms with E-state index in [1.165, 1.54) is 0 Å². The lowest BCUT2D eigenvalue weighted by Gasteiger charge is -2.01. The van der Waals surface area contributed by atoms with Gasteiger partial charge in [0, 0.05) is 24.0 Å². The number of hydrogen-bond donors (Lipinski definition) is 2. The molecule has 4 heteroatoms. The third-order valence-corrected chi connectivity index (χ3v) is 2.73. The first-order chi connectivity index (χ1) is 8.83. The second-order valence-electron chi connectivity index (χ2n) is 4.16. The molecule has 0 unspecified atom stereocenters. The van der Waals surface area contributed by atoms with Gasteiger partial charge in [0.2, 0.25) is 0 Å². The molecule has 0 saturated carbocycles. The first kappa shape index (κ1) is 12.6. The Labute approximate surface area is 107 Å². The van der Waals surface area contributed by atoms with E-state index < -0.39 is 0 Å². The van der Waals surface area contributed by atoms with Crippen LogP contribution in [0.2, 0.25) is 0 Å². The van der Waals surface area contributed by atoms with E-state index in [4.69, 9.17) is 4.74 Å². The number of hydrogen-bond acceptors (Lipinski definition) is 3. The first-order valence-corrected chi connectivity index (χ1v) is 6.22. The molecule has 1 aromatic heterocycles. The van der Waals surface area contributed by atoms with Crippen LogP contribution in [0.1, 0.15) is 19.0 Å². The van der Waals surface area contributed by atoms with Crippen LogP contribution in [0, 0.1) is 0 Å². The Morgan fingerprint density at radius 1 is 1.28 bits per heavy atom. The van der Waals surface area contributed by atoms with Gasteiger partial charge in [-0.05, 0) is 37.2 Å². The van der Waals surface area contributed by atoms with E-state index in [2.05, 4.69) is 22.2 Å². The molecule has 0 aliphatic carbocycles. The maximum Gasteiger partial charge on any atom is 0.137 e. The largest absolute Gasteiger partial charge is 0.497 e. The highest BCUT2D eigenvalue weighted by atomic mass is 16.5. The van der Waals surface area contributed by atoms with Crippen LogP contribution < -0.4 is 10.1 Å². The highest BCUT2D eigenvalue weighted by Gasteiger charge is 2.03. The molecule has 0 saturated heterocycles. The minimum absolute atomic E-state index is 0.830. The predicted molar refractivity (Wildman–Crippen MR) is 72.6 cm³/mol. The summed E-state index contributed by atoms with van der Waals surface area (Å²) in [6.45, 7) is 4.01. The van der Waals surface area contributed by atoms with Crippen molar-refractivity contribution in [3.8, 4) is 17.1 Å². The van der Waals surface area contributed by atoms with Crippen molar-refractivity contribution in [3.05, 3.63) is 36.2 Å². The molecule has 2 rings (SSSR count). The van der Waals surface area contributed by atoms with Crippen molar-refractivity contribution >= 4 is 0 Å². The minimum atomic E-state index is 0.830. The fraction of sp³-hybridized carbons (Fsp3) is 0.357. The molecular weight excluding hydrogens is 226 g/mol. The zero-order valence-electron chi connectivity index (χ0n) is 10.9. The van der Waals surface area contributed by atoms with Crippen LogP contribution in [0.5, 0.6) is 5.75 Å². The summed E-state index contributed by atoms with van der Waals surface area (Å²) in [6, 6.07) is 7.88. The molecule has 0 fully saturated rings. The molecular formula is C14H19N3O. The van der Waals surface area contributed by atoms with E-state index >= 15 is 0 Å². The number of aromatic nitrogens is 2. The zero-order chi connectivity index (χ0) is 12.8. The van der Waals surface area contributed by atoms with Crippen LogP contribution in [0.4, 0.5) is 0 Å². The van der Waals surface area contributed by atoms with Gasteiger partial charge in [-0.15, -0.1) is 0 Å². The predicted octanol–water partition coefficient (Wildman–Crippen LogP) is 2.58. The highest BCUT2D eigenvalue weighted by Crippen LogP contribution is 2.19. The molecule has 0 atom stereocenters. The number of ether oxygens (including phenoxy) is 1. The van der Waals surface area contributed by atoms with Crippen LogP contribution in [-0.2, 0) is 6.54 Å². The number of imidazole rings is 1. The normalized spacial score (nSPS) is 10.6. The van der Waals surface area contributed by atoms with E-state index in [0.29, 0.717) is 0 Å². The second-order valence-corrected chi connectivity index (χ2v) is 4.16. The molecule has 4 nitrogen and oxygen atoms in total. The fourth-order valence-corrected chi connectivity index (χ4v) is 1.74. The molecule has 1 aromatic carbocycles. The fourth-order valence-electron chi connectivity index (χ4n) is 1.74. The Morgan fingerprint density at radius 2 is 2.06 bits per heavy atom. The van der Waals surface area contributed by atoms with E-state index in [9.17, 15) is 0 Å². The van der Waals surface area contributed by atoms with Gasteiger partial charge in [-0.1, -0.05) is 6.92 Å². The Hall–Kier alpha value is -1.81. The third kappa shape index (κ3) is 3.11. The quantitative estimate of drug-likeness (QED) is 0.769. The summed E-state index contributed by atoms with van der Waals surface area (Å²) in [5.74, 6) is 1.75. The summed E-state index contributed by atoms with van der Waals surface area (Å²) in [4.78, 5) is 7.70. The van der Waals surface area contributed by atoms with Crippen molar-refractivity contribution in [2.24, 2.45) is 0 Å². The molecule has 0 aliphatic rings. The maximum atomic E-state index is 5.14. The number of H-pyrrole nitrogens is 1. The van der Waals surface area contributed by atoms with E-state index in [1.54, 1.807) is 7.11 Å². The Balaban J connectivity index is 2.04. The summed E-state index contributed by atoms with van der Waals surface area (Å²) in [7, 11) is 1.67. The highest BCUT2D eigenvalue weighted by molar-refractivity contribution is 5.56. The monoisotopic (exact) mass is 245 g/mol. The molecule has 1 heterocycles. The van der Waals surface area contributed by atoms with Gasteiger partial charge in [0.1, 0.15) is 11.6 Å². The van der Waals surface area contributed by atoms with Crippen molar-refractivity contribution < 1.29 is 4.74 Å². The molecule has 0 amide bonds. The first-order valence-electron chi connectivity index (χ1n) is 6.22. The molecule has 18 heavy (non-hydrogen) atoms. The molecule has 2 N–H and O–H groups in total. The van der Waals surface area contributed by atoms with Gasteiger partial charge in [-0.3, -0.25) is 0 Å². The van der Waals surface area contributed by atoms with Gasteiger partial charge in [0.05, 0.1) is 7.11 Å². The number of methoxy groups -OCH3 is 1. The van der Waals surface area contributed by atoms with Crippen LogP contribution in [-0.4, -0.2) is 23.6 Å². The van der Waals surface area contributed by atoms with Gasteiger partial charge < -0.3 is 15.0 Å². The van der Waals surface area contributed by atoms with Crippen molar-refractivity contribution in [1.29, 1.82) is 0 Å². The van der Waals surface area contributed by atoms with Gasteiger partial charge in [0.25, 0.3) is 0 Å². The summed E-state index contributed by atoms with van der Waals surface area (Å²) in [5, 5.41) is 3.34. The Morgan fingerprint density at radius 3 is 2.72 bits per heavy atom. The average Bonchev–Trinajstić information content (AvgIpc) is 2.88. The van der Waals surface area contributed by atoms with Crippen molar-refractivity contribution in [2.75, 3.05) is 13.7 Å². The van der Waals surface area contributed by atoms with E-state index in [0.717, 1.165) is 42.3 Å². The van der Waals surface area contributed by atoms with Crippen LogP contribution in [0.25, 0.3) is 11.4 Å².